The van der Waals surface area contributed by atoms with E-state index in [1.54, 1.807) is 17.8 Å². The van der Waals surface area contributed by atoms with Crippen LogP contribution in [-0.2, 0) is 6.42 Å². The maximum absolute atomic E-state index is 12.3. The number of carbonyl (C=O) groups excluding carboxylic acids is 1. The van der Waals surface area contributed by atoms with Gasteiger partial charge in [0.1, 0.15) is 0 Å². The average molecular weight is 339 g/mol. The summed E-state index contributed by atoms with van der Waals surface area (Å²) >= 11 is 1.69. The monoisotopic (exact) mass is 339 g/mol. The maximum Gasteiger partial charge on any atom is 0.322 e. The van der Waals surface area contributed by atoms with Crippen LogP contribution < -0.4 is 5.32 Å². The molecular weight excluding hydrogens is 322 g/mol. The SMILES string of the molecule is CCSc1cccc(C(=O)Nc2nnc(Cc3ccccc3)o2)c1. The van der Waals surface area contributed by atoms with E-state index in [-0.39, 0.29) is 11.9 Å². The molecule has 1 amide bonds. The molecule has 0 unspecified atom stereocenters. The Labute approximate surface area is 144 Å². The second kappa shape index (κ2) is 7.79. The molecular formula is C18H17N3O2S. The van der Waals surface area contributed by atoms with Crippen LogP contribution in [0.5, 0.6) is 0 Å². The summed E-state index contributed by atoms with van der Waals surface area (Å²) in [5, 5.41) is 10.5. The van der Waals surface area contributed by atoms with Gasteiger partial charge in [0.15, 0.2) is 0 Å². The predicted molar refractivity (Wildman–Crippen MR) is 94.3 cm³/mol. The first-order valence-corrected chi connectivity index (χ1v) is 8.63. The van der Waals surface area contributed by atoms with Crippen molar-refractivity contribution in [3.63, 3.8) is 0 Å². The third-order valence-electron chi connectivity index (χ3n) is 3.29. The number of rotatable bonds is 6. The highest BCUT2D eigenvalue weighted by molar-refractivity contribution is 7.99. The van der Waals surface area contributed by atoms with Gasteiger partial charge in [-0.2, -0.15) is 0 Å². The summed E-state index contributed by atoms with van der Waals surface area (Å²) in [6.45, 7) is 2.07. The Morgan fingerprint density at radius 3 is 2.75 bits per heavy atom. The molecule has 0 spiro atoms. The molecule has 0 saturated heterocycles. The van der Waals surface area contributed by atoms with Crippen molar-refractivity contribution in [3.05, 3.63) is 71.6 Å². The zero-order valence-corrected chi connectivity index (χ0v) is 14.0. The van der Waals surface area contributed by atoms with Crippen LogP contribution in [0.4, 0.5) is 6.01 Å². The van der Waals surface area contributed by atoms with E-state index in [9.17, 15) is 4.79 Å². The molecule has 1 N–H and O–H groups in total. The minimum Gasteiger partial charge on any atom is -0.407 e. The number of nitrogens with one attached hydrogen (secondary N) is 1. The van der Waals surface area contributed by atoms with Gasteiger partial charge in [-0.15, -0.1) is 16.9 Å². The molecule has 6 heteroatoms. The Kier molecular flexibility index (Phi) is 5.28. The second-order valence-corrected chi connectivity index (χ2v) is 6.42. The summed E-state index contributed by atoms with van der Waals surface area (Å²) in [7, 11) is 0. The highest BCUT2D eigenvalue weighted by Crippen LogP contribution is 2.19. The molecule has 3 rings (SSSR count). The molecule has 2 aromatic carbocycles. The molecule has 0 fully saturated rings. The lowest BCUT2D eigenvalue weighted by Crippen LogP contribution is -2.12. The summed E-state index contributed by atoms with van der Waals surface area (Å²) in [5.41, 5.74) is 1.64. The van der Waals surface area contributed by atoms with Gasteiger partial charge in [0.2, 0.25) is 5.89 Å². The molecule has 1 heterocycles. The van der Waals surface area contributed by atoms with Crippen LogP contribution >= 0.6 is 11.8 Å². The Balaban J connectivity index is 1.66. The van der Waals surface area contributed by atoms with Gasteiger partial charge in [0, 0.05) is 10.5 Å². The molecule has 122 valence electrons. The molecule has 0 atom stereocenters. The molecule has 0 aliphatic heterocycles. The Morgan fingerprint density at radius 1 is 1.12 bits per heavy atom. The van der Waals surface area contributed by atoms with Crippen LogP contribution in [0, 0.1) is 0 Å². The topological polar surface area (TPSA) is 68.0 Å². The molecule has 0 aliphatic rings. The number of carbonyl (C=O) groups is 1. The standard InChI is InChI=1S/C18H17N3O2S/c1-2-24-15-10-6-9-14(12-15)17(22)19-18-21-20-16(23-18)11-13-7-4-3-5-8-13/h3-10,12H,2,11H2,1H3,(H,19,21,22). The number of aromatic nitrogens is 2. The maximum atomic E-state index is 12.3. The smallest absolute Gasteiger partial charge is 0.322 e. The Hall–Kier alpha value is -2.60. The third kappa shape index (κ3) is 4.23. The predicted octanol–water partition coefficient (Wildman–Crippen LogP) is 4.02. The van der Waals surface area contributed by atoms with Crippen LogP contribution in [0.2, 0.25) is 0 Å². The molecule has 24 heavy (non-hydrogen) atoms. The lowest BCUT2D eigenvalue weighted by Gasteiger charge is -2.03. The fraction of sp³-hybridized carbons (Fsp3) is 0.167. The molecule has 0 radical (unpaired) electrons. The van der Waals surface area contributed by atoms with E-state index in [2.05, 4.69) is 22.4 Å². The van der Waals surface area contributed by atoms with Gasteiger partial charge in [-0.3, -0.25) is 10.1 Å². The van der Waals surface area contributed by atoms with Crippen LogP contribution in [0.25, 0.3) is 0 Å². The largest absolute Gasteiger partial charge is 0.407 e. The number of amides is 1. The van der Waals surface area contributed by atoms with Gasteiger partial charge < -0.3 is 4.42 Å². The van der Waals surface area contributed by atoms with Gasteiger partial charge in [-0.05, 0) is 29.5 Å². The molecule has 0 bridgehead atoms. The number of thioether (sulfide) groups is 1. The van der Waals surface area contributed by atoms with Crippen molar-refractivity contribution in [2.24, 2.45) is 0 Å². The molecule has 1 aromatic heterocycles. The lowest BCUT2D eigenvalue weighted by atomic mass is 10.2. The van der Waals surface area contributed by atoms with Crippen LogP contribution in [0.1, 0.15) is 28.7 Å². The number of benzene rings is 2. The third-order valence-corrected chi connectivity index (χ3v) is 4.17. The first kappa shape index (κ1) is 16.3. The van der Waals surface area contributed by atoms with Gasteiger partial charge in [0.05, 0.1) is 6.42 Å². The molecule has 5 nitrogen and oxygen atoms in total. The minimum absolute atomic E-state index is 0.111. The summed E-state index contributed by atoms with van der Waals surface area (Å²) in [5.74, 6) is 1.16. The van der Waals surface area contributed by atoms with Crippen molar-refractivity contribution < 1.29 is 9.21 Å². The summed E-state index contributed by atoms with van der Waals surface area (Å²) in [4.78, 5) is 13.3. The van der Waals surface area contributed by atoms with E-state index < -0.39 is 0 Å². The first-order chi connectivity index (χ1) is 11.7. The fourth-order valence-electron chi connectivity index (χ4n) is 2.21. The number of hydrogen-bond acceptors (Lipinski definition) is 5. The Morgan fingerprint density at radius 2 is 1.96 bits per heavy atom. The van der Waals surface area contributed by atoms with Crippen molar-refractivity contribution in [2.45, 2.75) is 18.2 Å². The van der Waals surface area contributed by atoms with E-state index in [0.717, 1.165) is 16.2 Å². The van der Waals surface area contributed by atoms with Gasteiger partial charge in [-0.1, -0.05) is 48.4 Å². The quantitative estimate of drug-likeness (QED) is 0.687. The van der Waals surface area contributed by atoms with Gasteiger partial charge >= 0.3 is 6.01 Å². The fourth-order valence-corrected chi connectivity index (χ4v) is 2.93. The highest BCUT2D eigenvalue weighted by atomic mass is 32.2. The molecule has 0 saturated carbocycles. The van der Waals surface area contributed by atoms with Crippen LogP contribution in [-0.4, -0.2) is 21.9 Å². The average Bonchev–Trinajstić information content (AvgIpc) is 3.03. The summed E-state index contributed by atoms with van der Waals surface area (Å²) in [6, 6.07) is 17.4. The zero-order chi connectivity index (χ0) is 16.8. The van der Waals surface area contributed by atoms with Crippen molar-refractivity contribution in [2.75, 3.05) is 11.1 Å². The van der Waals surface area contributed by atoms with Crippen molar-refractivity contribution in [3.8, 4) is 0 Å². The zero-order valence-electron chi connectivity index (χ0n) is 13.2. The minimum atomic E-state index is -0.261. The van der Waals surface area contributed by atoms with E-state index in [1.165, 1.54) is 0 Å². The second-order valence-electron chi connectivity index (χ2n) is 5.08. The normalized spacial score (nSPS) is 10.5. The van der Waals surface area contributed by atoms with Crippen molar-refractivity contribution in [1.29, 1.82) is 0 Å². The number of hydrogen-bond donors (Lipinski definition) is 1. The van der Waals surface area contributed by atoms with E-state index in [0.29, 0.717) is 17.9 Å². The van der Waals surface area contributed by atoms with Crippen LogP contribution in [0.15, 0.2) is 63.9 Å². The number of anilines is 1. The van der Waals surface area contributed by atoms with Crippen molar-refractivity contribution in [1.82, 2.24) is 10.2 Å². The number of nitrogens with zero attached hydrogens (tertiary/aromatic N) is 2. The Bertz CT molecular complexity index is 818. The van der Waals surface area contributed by atoms with E-state index in [1.807, 2.05) is 48.5 Å². The molecule has 3 aromatic rings. The van der Waals surface area contributed by atoms with E-state index >= 15 is 0 Å². The van der Waals surface area contributed by atoms with Gasteiger partial charge in [0.25, 0.3) is 5.91 Å². The molecule has 0 aliphatic carbocycles. The summed E-state index contributed by atoms with van der Waals surface area (Å²) in [6.07, 6.45) is 0.534. The summed E-state index contributed by atoms with van der Waals surface area (Å²) < 4.78 is 5.50. The van der Waals surface area contributed by atoms with Crippen LogP contribution in [0.3, 0.4) is 0 Å². The lowest BCUT2D eigenvalue weighted by molar-refractivity contribution is 0.102. The first-order valence-electron chi connectivity index (χ1n) is 7.65. The van der Waals surface area contributed by atoms with Gasteiger partial charge in [-0.25, -0.2) is 0 Å². The van der Waals surface area contributed by atoms with E-state index in [4.69, 9.17) is 4.42 Å². The van der Waals surface area contributed by atoms with Crippen molar-refractivity contribution >= 4 is 23.7 Å². The highest BCUT2D eigenvalue weighted by Gasteiger charge is 2.12.